The van der Waals surface area contributed by atoms with Crippen LogP contribution in [-0.4, -0.2) is 50.3 Å². The molecule has 3 aliphatic heterocycles. The molecular formula is C28H28ClF2N3O2. The third-order valence-corrected chi connectivity index (χ3v) is 7.68. The highest BCUT2D eigenvalue weighted by molar-refractivity contribution is 6.30. The minimum absolute atomic E-state index is 0.0364. The van der Waals surface area contributed by atoms with E-state index in [0.717, 1.165) is 49.0 Å². The molecule has 5 rings (SSSR count). The van der Waals surface area contributed by atoms with Crippen molar-refractivity contribution in [1.29, 1.82) is 0 Å². The third kappa shape index (κ3) is 4.82. The molecule has 3 aliphatic rings. The molecule has 0 bridgehead atoms. The van der Waals surface area contributed by atoms with E-state index < -0.39 is 11.6 Å². The summed E-state index contributed by atoms with van der Waals surface area (Å²) in [5.41, 5.74) is 2.31. The van der Waals surface area contributed by atoms with E-state index in [9.17, 15) is 13.6 Å². The van der Waals surface area contributed by atoms with Gasteiger partial charge in [-0.05, 0) is 74.3 Å². The Morgan fingerprint density at radius 3 is 2.75 bits per heavy atom. The van der Waals surface area contributed by atoms with Gasteiger partial charge in [0.15, 0.2) is 0 Å². The summed E-state index contributed by atoms with van der Waals surface area (Å²) >= 11 is 6.08. The van der Waals surface area contributed by atoms with Crippen LogP contribution in [0.3, 0.4) is 0 Å². The Kier molecular flexibility index (Phi) is 6.95. The van der Waals surface area contributed by atoms with Crippen molar-refractivity contribution in [2.75, 3.05) is 38.2 Å². The predicted molar refractivity (Wildman–Crippen MR) is 139 cm³/mol. The number of ether oxygens (including phenoxy) is 1. The van der Waals surface area contributed by atoms with Gasteiger partial charge in [0, 0.05) is 42.0 Å². The summed E-state index contributed by atoms with van der Waals surface area (Å²) in [5, 5.41) is 0.352. The number of likely N-dealkylation sites (tertiary alicyclic amines) is 1. The summed E-state index contributed by atoms with van der Waals surface area (Å²) in [6, 6.07) is 9.55. The number of halogens is 3. The van der Waals surface area contributed by atoms with Crippen LogP contribution in [0, 0.1) is 17.6 Å². The van der Waals surface area contributed by atoms with Gasteiger partial charge in [-0.1, -0.05) is 23.8 Å². The molecule has 0 radical (unpaired) electrons. The molecule has 36 heavy (non-hydrogen) atoms. The van der Waals surface area contributed by atoms with Gasteiger partial charge >= 0.3 is 0 Å². The van der Waals surface area contributed by atoms with E-state index in [4.69, 9.17) is 16.3 Å². The van der Waals surface area contributed by atoms with Crippen LogP contribution in [0.2, 0.25) is 0 Å². The van der Waals surface area contributed by atoms with Gasteiger partial charge < -0.3 is 9.64 Å². The summed E-state index contributed by atoms with van der Waals surface area (Å²) in [7, 11) is 1.65. The topological polar surface area (TPSA) is 45.1 Å². The Bertz CT molecular complexity index is 1250. The maximum Gasteiger partial charge on any atom is 0.234 e. The Morgan fingerprint density at radius 1 is 1.22 bits per heavy atom. The number of nitrogens with zero attached hydrogens (tertiary/aromatic N) is 3. The number of piperidine rings is 1. The van der Waals surface area contributed by atoms with Crippen molar-refractivity contribution < 1.29 is 18.3 Å². The van der Waals surface area contributed by atoms with Crippen LogP contribution < -0.4 is 9.64 Å². The molecule has 0 aromatic heterocycles. The lowest BCUT2D eigenvalue weighted by atomic mass is 9.74. The second-order valence-corrected chi connectivity index (χ2v) is 9.99. The van der Waals surface area contributed by atoms with Crippen molar-refractivity contribution in [3.8, 4) is 5.75 Å². The van der Waals surface area contributed by atoms with Crippen LogP contribution in [0.15, 0.2) is 58.7 Å². The highest BCUT2D eigenvalue weighted by Crippen LogP contribution is 2.49. The van der Waals surface area contributed by atoms with Gasteiger partial charge in [0.2, 0.25) is 5.91 Å². The number of hydrogen-bond acceptors (Lipinski definition) is 4. The van der Waals surface area contributed by atoms with Gasteiger partial charge in [0.25, 0.3) is 0 Å². The SMILES string of the molecule is COc1ccc2c(c1)C1(CCN(CC=Cc3ccc(F)cc3F)CC1)CN2C(=O)C1C=C(Cl)N=CC1. The van der Waals surface area contributed by atoms with Gasteiger partial charge in [0.05, 0.1) is 13.0 Å². The molecule has 1 spiro atoms. The Hall–Kier alpha value is -3.03. The zero-order valence-corrected chi connectivity index (χ0v) is 20.8. The molecule has 0 N–H and O–H groups in total. The van der Waals surface area contributed by atoms with Crippen LogP contribution in [0.1, 0.15) is 30.4 Å². The van der Waals surface area contributed by atoms with Gasteiger partial charge in [0.1, 0.15) is 22.5 Å². The molecule has 1 fully saturated rings. The van der Waals surface area contributed by atoms with Crippen LogP contribution >= 0.6 is 11.6 Å². The van der Waals surface area contributed by atoms with Crippen LogP contribution in [-0.2, 0) is 10.2 Å². The molecule has 2 aromatic rings. The van der Waals surface area contributed by atoms with E-state index in [1.54, 1.807) is 25.5 Å². The lowest BCUT2D eigenvalue weighted by molar-refractivity contribution is -0.121. The van der Waals surface area contributed by atoms with E-state index in [2.05, 4.69) is 16.0 Å². The summed E-state index contributed by atoms with van der Waals surface area (Å²) in [6.07, 6.45) is 9.36. The second kappa shape index (κ2) is 10.1. The molecule has 0 saturated carbocycles. The van der Waals surface area contributed by atoms with E-state index in [1.165, 1.54) is 12.1 Å². The molecule has 1 saturated heterocycles. The minimum atomic E-state index is -0.581. The maximum atomic E-state index is 13.9. The number of aliphatic imine (C=N–C) groups is 1. The molecule has 5 nitrogen and oxygen atoms in total. The maximum absolute atomic E-state index is 13.9. The van der Waals surface area contributed by atoms with E-state index in [0.29, 0.717) is 30.2 Å². The fourth-order valence-corrected chi connectivity index (χ4v) is 5.65. The van der Waals surface area contributed by atoms with Gasteiger partial charge in [-0.3, -0.25) is 9.69 Å². The molecule has 1 unspecified atom stereocenters. The Morgan fingerprint density at radius 2 is 2.03 bits per heavy atom. The number of methoxy groups -OCH3 is 1. The van der Waals surface area contributed by atoms with Crippen LogP contribution in [0.4, 0.5) is 14.5 Å². The van der Waals surface area contributed by atoms with Gasteiger partial charge in [-0.25, -0.2) is 13.8 Å². The molecule has 1 amide bonds. The normalized spacial score (nSPS) is 21.2. The third-order valence-electron chi connectivity index (χ3n) is 7.46. The summed E-state index contributed by atoms with van der Waals surface area (Å²) in [6.45, 7) is 2.98. The largest absolute Gasteiger partial charge is 0.497 e. The fourth-order valence-electron chi connectivity index (χ4n) is 5.43. The zero-order valence-electron chi connectivity index (χ0n) is 20.1. The number of anilines is 1. The molecule has 3 heterocycles. The van der Waals surface area contributed by atoms with Crippen LogP contribution in [0.25, 0.3) is 6.08 Å². The average Bonchev–Trinajstić information content (AvgIpc) is 3.19. The molecule has 1 atom stereocenters. The average molecular weight is 512 g/mol. The number of amides is 1. The smallest absolute Gasteiger partial charge is 0.234 e. The quantitative estimate of drug-likeness (QED) is 0.495. The zero-order chi connectivity index (χ0) is 25.3. The first-order chi connectivity index (χ1) is 17.4. The van der Waals surface area contributed by atoms with Crippen molar-refractivity contribution in [1.82, 2.24) is 4.90 Å². The Balaban J connectivity index is 1.31. The van der Waals surface area contributed by atoms with Crippen molar-refractivity contribution >= 4 is 35.5 Å². The van der Waals surface area contributed by atoms with Crippen molar-refractivity contribution in [2.45, 2.75) is 24.7 Å². The second-order valence-electron chi connectivity index (χ2n) is 9.60. The molecule has 8 heteroatoms. The highest BCUT2D eigenvalue weighted by Gasteiger charge is 2.47. The number of carbonyl (C=O) groups is 1. The van der Waals surface area contributed by atoms with Gasteiger partial charge in [-0.15, -0.1) is 0 Å². The van der Waals surface area contributed by atoms with Gasteiger partial charge in [-0.2, -0.15) is 0 Å². The van der Waals surface area contributed by atoms with Crippen molar-refractivity contribution in [2.24, 2.45) is 10.9 Å². The van der Waals surface area contributed by atoms with Crippen molar-refractivity contribution in [3.63, 3.8) is 0 Å². The first-order valence-corrected chi connectivity index (χ1v) is 12.5. The van der Waals surface area contributed by atoms with E-state index in [1.807, 2.05) is 23.1 Å². The highest BCUT2D eigenvalue weighted by atomic mass is 35.5. The summed E-state index contributed by atoms with van der Waals surface area (Å²) in [4.78, 5) is 21.8. The predicted octanol–water partition coefficient (Wildman–Crippen LogP) is 5.54. The lowest BCUT2D eigenvalue weighted by Gasteiger charge is -2.39. The van der Waals surface area contributed by atoms with E-state index >= 15 is 0 Å². The fraction of sp³-hybridized carbons (Fsp3) is 0.357. The monoisotopic (exact) mass is 511 g/mol. The first kappa shape index (κ1) is 24.7. The molecule has 2 aromatic carbocycles. The van der Waals surface area contributed by atoms with Crippen LogP contribution in [0.5, 0.6) is 5.75 Å². The lowest BCUT2D eigenvalue weighted by Crippen LogP contribution is -2.46. The van der Waals surface area contributed by atoms with Crippen molar-refractivity contribution in [3.05, 3.63) is 76.5 Å². The summed E-state index contributed by atoms with van der Waals surface area (Å²) < 4.78 is 32.6. The Labute approximate surface area is 214 Å². The standard InChI is InChI=1S/C28H28ClF2N3O2/c1-36-22-6-7-25-23(17-22)28(18-34(25)27(35)20-8-11-32-26(29)15-20)9-13-33(14-10-28)12-2-3-19-4-5-21(30)16-24(19)31/h2-7,11,15-17,20H,8-10,12-14,18H2,1H3. The van der Waals surface area contributed by atoms with E-state index in [-0.39, 0.29) is 17.2 Å². The minimum Gasteiger partial charge on any atom is -0.497 e. The molecule has 188 valence electrons. The number of carbonyl (C=O) groups excluding carboxylic acids is 1. The molecular weight excluding hydrogens is 484 g/mol. The number of rotatable bonds is 5. The number of benzene rings is 2. The molecule has 0 aliphatic carbocycles. The summed E-state index contributed by atoms with van der Waals surface area (Å²) in [5.74, 6) is -0.651. The number of hydrogen-bond donors (Lipinski definition) is 0. The first-order valence-electron chi connectivity index (χ1n) is 12.1. The number of fused-ring (bicyclic) bond motifs is 2.